The van der Waals surface area contributed by atoms with E-state index in [4.69, 9.17) is 23.2 Å². The van der Waals surface area contributed by atoms with Crippen molar-refractivity contribution in [2.45, 2.75) is 19.8 Å². The zero-order chi connectivity index (χ0) is 14.7. The van der Waals surface area contributed by atoms with E-state index >= 15 is 0 Å². The van der Waals surface area contributed by atoms with Crippen LogP contribution in [0.2, 0.25) is 10.0 Å². The molecule has 2 aromatic carbocycles. The van der Waals surface area contributed by atoms with Gasteiger partial charge < -0.3 is 5.32 Å². The van der Waals surface area contributed by atoms with Gasteiger partial charge in [-0.25, -0.2) is 0 Å². The summed E-state index contributed by atoms with van der Waals surface area (Å²) < 4.78 is 0. The Morgan fingerprint density at radius 2 is 1.75 bits per heavy atom. The molecule has 1 N–H and O–H groups in total. The average molecular weight is 308 g/mol. The van der Waals surface area contributed by atoms with Crippen molar-refractivity contribution in [3.8, 4) is 0 Å². The van der Waals surface area contributed by atoms with Crippen LogP contribution in [0.15, 0.2) is 42.5 Å². The van der Waals surface area contributed by atoms with Crippen LogP contribution >= 0.6 is 23.2 Å². The molecule has 0 fully saturated rings. The minimum absolute atomic E-state index is 0.134. The van der Waals surface area contributed by atoms with E-state index in [0.29, 0.717) is 15.6 Å². The van der Waals surface area contributed by atoms with Crippen molar-refractivity contribution in [2.75, 3.05) is 5.32 Å². The van der Waals surface area contributed by atoms with E-state index in [1.165, 1.54) is 0 Å². The normalized spacial score (nSPS) is 12.0. The van der Waals surface area contributed by atoms with Gasteiger partial charge in [0.1, 0.15) is 0 Å². The molecule has 1 amide bonds. The molecule has 2 nitrogen and oxygen atoms in total. The highest BCUT2D eigenvalue weighted by Crippen LogP contribution is 2.34. The number of hydrogen-bond donors (Lipinski definition) is 1. The van der Waals surface area contributed by atoms with E-state index in [2.05, 4.69) is 5.32 Å². The minimum atomic E-state index is -0.421. The van der Waals surface area contributed by atoms with Gasteiger partial charge in [-0.15, -0.1) is 0 Å². The van der Waals surface area contributed by atoms with Gasteiger partial charge in [-0.3, -0.25) is 4.79 Å². The van der Waals surface area contributed by atoms with E-state index in [-0.39, 0.29) is 5.91 Å². The smallest absolute Gasteiger partial charge is 0.231 e. The molecule has 0 aliphatic carbocycles. The van der Waals surface area contributed by atoms with Gasteiger partial charge >= 0.3 is 0 Å². The molecule has 0 aliphatic heterocycles. The second-order valence-electron chi connectivity index (χ2n) is 4.67. The third-order valence-corrected chi connectivity index (χ3v) is 4.02. The zero-order valence-electron chi connectivity index (χ0n) is 11.3. The summed E-state index contributed by atoms with van der Waals surface area (Å²) in [5, 5.41) is 3.92. The second kappa shape index (κ2) is 6.29. The van der Waals surface area contributed by atoms with Gasteiger partial charge in [-0.1, -0.05) is 47.5 Å². The lowest BCUT2D eigenvalue weighted by Gasteiger charge is -2.16. The molecule has 0 saturated heterocycles. The summed E-state index contributed by atoms with van der Waals surface area (Å²) in [5.74, 6) is -0.555. The molecule has 0 spiro atoms. The summed E-state index contributed by atoms with van der Waals surface area (Å²) >= 11 is 12.5. The lowest BCUT2D eigenvalue weighted by Crippen LogP contribution is -2.19. The standard InChI is InChI=1S/C16H15Cl2NO/c1-10-8-9-13(17)14(15(10)18)11(2)16(20)19-12-6-4-3-5-7-12/h3-9,11H,1-2H3,(H,19,20). The van der Waals surface area contributed by atoms with Gasteiger partial charge in [0.25, 0.3) is 0 Å². The number of aryl methyl sites for hydroxylation is 1. The Hall–Kier alpha value is -1.51. The number of carbonyl (C=O) groups excluding carboxylic acids is 1. The number of benzene rings is 2. The molecular weight excluding hydrogens is 293 g/mol. The summed E-state index contributed by atoms with van der Waals surface area (Å²) in [6.07, 6.45) is 0. The van der Waals surface area contributed by atoms with Gasteiger partial charge in [0, 0.05) is 21.3 Å². The van der Waals surface area contributed by atoms with Gasteiger partial charge in [-0.05, 0) is 37.6 Å². The van der Waals surface area contributed by atoms with Gasteiger partial charge in [0.2, 0.25) is 5.91 Å². The fourth-order valence-electron chi connectivity index (χ4n) is 1.98. The molecule has 1 unspecified atom stereocenters. The molecule has 0 heterocycles. The Bertz CT molecular complexity index is 626. The van der Waals surface area contributed by atoms with E-state index in [0.717, 1.165) is 11.3 Å². The maximum absolute atomic E-state index is 12.3. The fourth-order valence-corrected chi connectivity index (χ4v) is 2.68. The molecule has 1 atom stereocenters. The first-order valence-corrected chi connectivity index (χ1v) is 7.06. The number of rotatable bonds is 3. The van der Waals surface area contributed by atoms with Crippen molar-refractivity contribution in [2.24, 2.45) is 0 Å². The summed E-state index contributed by atoms with van der Waals surface area (Å²) in [6, 6.07) is 12.9. The van der Waals surface area contributed by atoms with Crippen molar-refractivity contribution in [1.29, 1.82) is 0 Å². The Kier molecular flexibility index (Phi) is 4.69. The maximum atomic E-state index is 12.3. The van der Waals surface area contributed by atoms with Crippen molar-refractivity contribution in [3.05, 3.63) is 63.6 Å². The van der Waals surface area contributed by atoms with E-state index < -0.39 is 5.92 Å². The van der Waals surface area contributed by atoms with Crippen molar-refractivity contribution < 1.29 is 4.79 Å². The Morgan fingerprint density at radius 3 is 2.40 bits per heavy atom. The molecule has 0 aromatic heterocycles. The highest BCUT2D eigenvalue weighted by molar-refractivity contribution is 6.37. The number of anilines is 1. The van der Waals surface area contributed by atoms with Crippen LogP contribution in [-0.2, 0) is 4.79 Å². The van der Waals surface area contributed by atoms with Crippen molar-refractivity contribution in [3.63, 3.8) is 0 Å². The predicted molar refractivity (Wildman–Crippen MR) is 84.7 cm³/mol. The molecule has 0 saturated carbocycles. The fraction of sp³-hybridized carbons (Fsp3) is 0.188. The van der Waals surface area contributed by atoms with E-state index in [1.807, 2.05) is 43.3 Å². The molecule has 0 bridgehead atoms. The highest BCUT2D eigenvalue weighted by atomic mass is 35.5. The highest BCUT2D eigenvalue weighted by Gasteiger charge is 2.21. The van der Waals surface area contributed by atoms with Crippen LogP contribution in [0.1, 0.15) is 24.0 Å². The first kappa shape index (κ1) is 14.9. The van der Waals surface area contributed by atoms with E-state index in [9.17, 15) is 4.79 Å². The van der Waals surface area contributed by atoms with Gasteiger partial charge in [0.05, 0.1) is 5.92 Å². The topological polar surface area (TPSA) is 29.1 Å². The van der Waals surface area contributed by atoms with Crippen LogP contribution in [0.4, 0.5) is 5.69 Å². The molecule has 2 rings (SSSR count). The largest absolute Gasteiger partial charge is 0.326 e. The number of halogens is 2. The Morgan fingerprint density at radius 1 is 1.10 bits per heavy atom. The van der Waals surface area contributed by atoms with Crippen molar-refractivity contribution >= 4 is 34.8 Å². The molecule has 0 aliphatic rings. The van der Waals surface area contributed by atoms with Gasteiger partial charge in [-0.2, -0.15) is 0 Å². The number of nitrogens with one attached hydrogen (secondary N) is 1. The number of amides is 1. The molecule has 20 heavy (non-hydrogen) atoms. The van der Waals surface area contributed by atoms with Crippen LogP contribution < -0.4 is 5.32 Å². The lowest BCUT2D eigenvalue weighted by molar-refractivity contribution is -0.117. The zero-order valence-corrected chi connectivity index (χ0v) is 12.8. The molecule has 2 aromatic rings. The van der Waals surface area contributed by atoms with Crippen LogP contribution in [0.5, 0.6) is 0 Å². The Labute approximate surface area is 128 Å². The molecule has 4 heteroatoms. The number of hydrogen-bond acceptors (Lipinski definition) is 1. The Balaban J connectivity index is 2.26. The summed E-state index contributed by atoms with van der Waals surface area (Å²) in [7, 11) is 0. The van der Waals surface area contributed by atoms with Crippen LogP contribution in [0, 0.1) is 6.92 Å². The summed E-state index contributed by atoms with van der Waals surface area (Å²) in [4.78, 5) is 12.3. The SMILES string of the molecule is Cc1ccc(Cl)c(C(C)C(=O)Nc2ccccc2)c1Cl. The summed E-state index contributed by atoms with van der Waals surface area (Å²) in [5.41, 5.74) is 2.33. The number of para-hydroxylation sites is 1. The molecule has 0 radical (unpaired) electrons. The third-order valence-electron chi connectivity index (χ3n) is 3.19. The maximum Gasteiger partial charge on any atom is 0.231 e. The first-order valence-electron chi connectivity index (χ1n) is 6.31. The third kappa shape index (κ3) is 3.14. The second-order valence-corrected chi connectivity index (χ2v) is 5.45. The summed E-state index contributed by atoms with van der Waals surface area (Å²) in [6.45, 7) is 3.69. The number of carbonyl (C=O) groups is 1. The van der Waals surface area contributed by atoms with E-state index in [1.54, 1.807) is 13.0 Å². The average Bonchev–Trinajstić information content (AvgIpc) is 2.44. The minimum Gasteiger partial charge on any atom is -0.326 e. The predicted octanol–water partition coefficient (Wildman–Crippen LogP) is 5.04. The molecule has 104 valence electrons. The molecular formula is C16H15Cl2NO. The van der Waals surface area contributed by atoms with Crippen LogP contribution in [-0.4, -0.2) is 5.91 Å². The van der Waals surface area contributed by atoms with Crippen LogP contribution in [0.3, 0.4) is 0 Å². The van der Waals surface area contributed by atoms with Crippen molar-refractivity contribution in [1.82, 2.24) is 0 Å². The lowest BCUT2D eigenvalue weighted by atomic mass is 9.98. The quantitative estimate of drug-likeness (QED) is 0.845. The monoisotopic (exact) mass is 307 g/mol. The first-order chi connectivity index (χ1) is 9.50. The van der Waals surface area contributed by atoms with Gasteiger partial charge in [0.15, 0.2) is 0 Å². The van der Waals surface area contributed by atoms with Crippen LogP contribution in [0.25, 0.3) is 0 Å².